The summed E-state index contributed by atoms with van der Waals surface area (Å²) in [6, 6.07) is 19.2. The smallest absolute Gasteiger partial charge is 0.251 e. The number of rotatable bonds is 5. The highest BCUT2D eigenvalue weighted by Gasteiger charge is 2.12. The molecule has 0 aliphatic rings. The van der Waals surface area contributed by atoms with Crippen molar-refractivity contribution >= 4 is 33.0 Å². The van der Waals surface area contributed by atoms with Crippen LogP contribution in [0.1, 0.15) is 10.4 Å². The van der Waals surface area contributed by atoms with Crippen molar-refractivity contribution in [2.24, 2.45) is 0 Å². The van der Waals surface area contributed by atoms with Crippen molar-refractivity contribution in [3.63, 3.8) is 0 Å². The molecule has 0 fully saturated rings. The van der Waals surface area contributed by atoms with Gasteiger partial charge in [0.05, 0.1) is 10.6 Å². The lowest BCUT2D eigenvalue weighted by atomic mass is 10.1. The second-order valence-electron chi connectivity index (χ2n) is 6.70. The first-order chi connectivity index (χ1) is 14.3. The summed E-state index contributed by atoms with van der Waals surface area (Å²) in [5.74, 6) is 0.225. The zero-order chi connectivity index (χ0) is 21.3. The van der Waals surface area contributed by atoms with Crippen molar-refractivity contribution in [2.45, 2.75) is 4.90 Å². The Morgan fingerprint density at radius 2 is 1.73 bits per heavy atom. The van der Waals surface area contributed by atoms with E-state index in [4.69, 9.17) is 0 Å². The number of anilines is 2. The molecule has 30 heavy (non-hydrogen) atoms. The minimum atomic E-state index is -3.32. The third-order valence-corrected chi connectivity index (χ3v) is 5.66. The molecule has 4 aromatic rings. The number of nitrogens with zero attached hydrogens (tertiary/aromatic N) is 3. The third-order valence-electron chi connectivity index (χ3n) is 4.55. The Morgan fingerprint density at radius 3 is 2.43 bits per heavy atom. The Bertz CT molecular complexity index is 1340. The lowest BCUT2D eigenvalue weighted by Crippen LogP contribution is -2.17. The van der Waals surface area contributed by atoms with Gasteiger partial charge in [-0.2, -0.15) is 4.98 Å². The van der Waals surface area contributed by atoms with E-state index in [1.165, 1.54) is 6.26 Å². The number of fused-ring (bicyclic) bond motifs is 1. The van der Waals surface area contributed by atoms with E-state index in [1.807, 2.05) is 24.3 Å². The highest BCUT2D eigenvalue weighted by molar-refractivity contribution is 7.90. The van der Waals surface area contributed by atoms with Gasteiger partial charge in [-0.1, -0.05) is 18.2 Å². The highest BCUT2D eigenvalue weighted by Crippen LogP contribution is 2.24. The van der Waals surface area contributed by atoms with Crippen molar-refractivity contribution in [3.05, 3.63) is 72.3 Å². The van der Waals surface area contributed by atoms with Crippen LogP contribution >= 0.6 is 0 Å². The molecular weight excluding hydrogens is 402 g/mol. The average molecular weight is 421 g/mol. The number of carbonyl (C=O) groups is 1. The van der Waals surface area contributed by atoms with Crippen LogP contribution in [-0.2, 0) is 9.84 Å². The monoisotopic (exact) mass is 421 g/mol. The quantitative estimate of drug-likeness (QED) is 0.513. The summed E-state index contributed by atoms with van der Waals surface area (Å²) in [6.45, 7) is 0. The average Bonchev–Trinajstić information content (AvgIpc) is 3.15. The van der Waals surface area contributed by atoms with Crippen LogP contribution in [0.3, 0.4) is 0 Å². The Morgan fingerprint density at radius 1 is 1.00 bits per heavy atom. The fourth-order valence-electron chi connectivity index (χ4n) is 3.04. The van der Waals surface area contributed by atoms with Gasteiger partial charge in [0.2, 0.25) is 5.95 Å². The van der Waals surface area contributed by atoms with E-state index < -0.39 is 9.84 Å². The van der Waals surface area contributed by atoms with Crippen molar-refractivity contribution in [3.8, 4) is 11.3 Å². The van der Waals surface area contributed by atoms with E-state index in [-0.39, 0.29) is 10.8 Å². The molecule has 0 spiro atoms. The number of amides is 1. The molecule has 0 unspecified atom stereocenters. The minimum absolute atomic E-state index is 0.159. The van der Waals surface area contributed by atoms with Gasteiger partial charge in [-0.15, -0.1) is 5.10 Å². The summed E-state index contributed by atoms with van der Waals surface area (Å²) < 4.78 is 25.5. The van der Waals surface area contributed by atoms with Crippen LogP contribution < -0.4 is 10.6 Å². The molecule has 0 atom stereocenters. The summed E-state index contributed by atoms with van der Waals surface area (Å²) in [5, 5.41) is 10.2. The van der Waals surface area contributed by atoms with Crippen LogP contribution in [0, 0.1) is 0 Å². The van der Waals surface area contributed by atoms with Crippen LogP contribution in [0.5, 0.6) is 0 Å². The first kappa shape index (κ1) is 19.6. The number of hydrogen-bond acceptors (Lipinski definition) is 6. The Labute approximate surface area is 173 Å². The van der Waals surface area contributed by atoms with E-state index in [2.05, 4.69) is 20.7 Å². The van der Waals surface area contributed by atoms with Crippen molar-refractivity contribution < 1.29 is 13.2 Å². The summed E-state index contributed by atoms with van der Waals surface area (Å²) in [5.41, 5.74) is 3.34. The lowest BCUT2D eigenvalue weighted by Gasteiger charge is -2.06. The predicted octanol–water partition coefficient (Wildman–Crippen LogP) is 2.90. The van der Waals surface area contributed by atoms with Crippen molar-refractivity contribution in [2.75, 3.05) is 18.6 Å². The number of hydrogen-bond donors (Lipinski definition) is 2. The molecule has 0 saturated heterocycles. The van der Waals surface area contributed by atoms with Crippen LogP contribution in [0.2, 0.25) is 0 Å². The van der Waals surface area contributed by atoms with Gasteiger partial charge in [0.15, 0.2) is 15.5 Å². The SMILES string of the molecule is CNC(=O)c1ccc(Nc2nc3cccc(-c4cccc(S(C)(=O)=O)c4)n3n2)cc1. The Kier molecular flexibility index (Phi) is 4.96. The Hall–Kier alpha value is -3.72. The maximum atomic E-state index is 11.9. The standard InChI is InChI=1S/C21H19N5O3S/c1-22-20(27)14-9-11-16(12-10-14)23-21-24-19-8-4-7-18(26(19)25-21)15-5-3-6-17(13-15)30(2,28)29/h3-13H,1-2H3,(H,22,27)(H,23,25). The molecule has 8 nitrogen and oxygen atoms in total. The molecule has 2 heterocycles. The summed E-state index contributed by atoms with van der Waals surface area (Å²) in [6.07, 6.45) is 1.18. The maximum Gasteiger partial charge on any atom is 0.251 e. The van der Waals surface area contributed by atoms with E-state index in [0.717, 1.165) is 11.3 Å². The van der Waals surface area contributed by atoms with Gasteiger partial charge in [0, 0.05) is 30.1 Å². The maximum absolute atomic E-state index is 11.9. The zero-order valence-electron chi connectivity index (χ0n) is 16.3. The molecular formula is C21H19N5O3S. The number of carbonyl (C=O) groups excluding carboxylic acids is 1. The fourth-order valence-corrected chi connectivity index (χ4v) is 3.71. The molecule has 0 saturated carbocycles. The molecule has 2 aromatic heterocycles. The van der Waals surface area contributed by atoms with Gasteiger partial charge in [0.25, 0.3) is 5.91 Å². The van der Waals surface area contributed by atoms with Gasteiger partial charge in [0.1, 0.15) is 0 Å². The van der Waals surface area contributed by atoms with Crippen LogP contribution in [0.4, 0.5) is 11.6 Å². The van der Waals surface area contributed by atoms with Crippen molar-refractivity contribution in [1.82, 2.24) is 19.9 Å². The largest absolute Gasteiger partial charge is 0.355 e. The van der Waals surface area contributed by atoms with Gasteiger partial charge >= 0.3 is 0 Å². The predicted molar refractivity (Wildman–Crippen MR) is 115 cm³/mol. The second kappa shape index (κ2) is 7.60. The van der Waals surface area contributed by atoms with Gasteiger partial charge in [-0.25, -0.2) is 12.9 Å². The van der Waals surface area contributed by atoms with Crippen LogP contribution in [0.25, 0.3) is 16.9 Å². The number of pyridine rings is 1. The normalized spacial score (nSPS) is 11.4. The van der Waals surface area contributed by atoms with E-state index in [1.54, 1.807) is 54.0 Å². The van der Waals surface area contributed by atoms with Gasteiger partial charge in [-0.3, -0.25) is 4.79 Å². The fraction of sp³-hybridized carbons (Fsp3) is 0.0952. The first-order valence-electron chi connectivity index (χ1n) is 9.10. The summed E-state index contributed by atoms with van der Waals surface area (Å²) >= 11 is 0. The van der Waals surface area contributed by atoms with E-state index in [0.29, 0.717) is 22.9 Å². The molecule has 0 aliphatic carbocycles. The second-order valence-corrected chi connectivity index (χ2v) is 8.71. The molecule has 2 N–H and O–H groups in total. The number of aromatic nitrogens is 3. The van der Waals surface area contributed by atoms with E-state index in [9.17, 15) is 13.2 Å². The molecule has 0 bridgehead atoms. The molecule has 4 rings (SSSR count). The molecule has 152 valence electrons. The summed E-state index contributed by atoms with van der Waals surface area (Å²) in [4.78, 5) is 16.4. The number of nitrogens with one attached hydrogen (secondary N) is 2. The first-order valence-corrected chi connectivity index (χ1v) is 11.0. The minimum Gasteiger partial charge on any atom is -0.355 e. The van der Waals surface area contributed by atoms with Crippen LogP contribution in [0.15, 0.2) is 71.6 Å². The topological polar surface area (TPSA) is 105 Å². The number of benzene rings is 2. The molecule has 0 aliphatic heterocycles. The highest BCUT2D eigenvalue weighted by atomic mass is 32.2. The van der Waals surface area contributed by atoms with Gasteiger partial charge < -0.3 is 10.6 Å². The van der Waals surface area contributed by atoms with E-state index >= 15 is 0 Å². The Balaban J connectivity index is 1.68. The molecule has 0 radical (unpaired) electrons. The third kappa shape index (κ3) is 3.87. The lowest BCUT2D eigenvalue weighted by molar-refractivity contribution is 0.0963. The van der Waals surface area contributed by atoms with Crippen molar-refractivity contribution in [1.29, 1.82) is 0 Å². The summed E-state index contributed by atoms with van der Waals surface area (Å²) in [7, 11) is -1.74. The number of sulfone groups is 1. The molecule has 2 aromatic carbocycles. The van der Waals surface area contributed by atoms with Gasteiger partial charge in [-0.05, 0) is 48.5 Å². The zero-order valence-corrected chi connectivity index (χ0v) is 17.1. The molecule has 1 amide bonds. The van der Waals surface area contributed by atoms with Crippen LogP contribution in [-0.4, -0.2) is 42.2 Å². The molecule has 9 heteroatoms.